The number of fused-ring (bicyclic) bond motifs is 1. The molecule has 3 nitrogen and oxygen atoms in total. The maximum atomic E-state index is 10.1. The van der Waals surface area contributed by atoms with Gasteiger partial charge in [-0.1, -0.05) is 49.1 Å². The van der Waals surface area contributed by atoms with E-state index in [4.69, 9.17) is 0 Å². The van der Waals surface area contributed by atoms with E-state index in [1.807, 2.05) is 13.8 Å². The van der Waals surface area contributed by atoms with Crippen LogP contribution >= 0.6 is 0 Å². The molecule has 0 unspecified atom stereocenters. The number of aliphatic hydroxyl groups is 3. The molecule has 0 radical (unpaired) electrons. The van der Waals surface area contributed by atoms with Crippen LogP contribution in [0.3, 0.4) is 0 Å². The standard InChI is InChI=1S/C25H40O3/c1-17-23(26)15-18(16-24(17)27)10-11-20-8-6-9-21-19(12-13-22(20)21)7-4-5-14-25(2,3)28/h10-11,19,21-24,26-28H,1,4-9,12-16H2,2-3H3/b20-11+/t19-,21+,22-,23+,24+/m0/s1. The lowest BCUT2D eigenvalue weighted by molar-refractivity contribution is 0.0673. The lowest BCUT2D eigenvalue weighted by atomic mass is 9.73. The molecule has 0 amide bonds. The second-order valence-corrected chi connectivity index (χ2v) is 10.1. The fraction of sp³-hybridized carbons (Fsp3) is 0.760. The van der Waals surface area contributed by atoms with E-state index in [0.29, 0.717) is 18.4 Å². The number of rotatable bonds is 6. The Hall–Kier alpha value is -0.900. The molecule has 0 aromatic heterocycles. The molecule has 0 spiro atoms. The lowest BCUT2D eigenvalue weighted by Crippen LogP contribution is -2.27. The van der Waals surface area contributed by atoms with Crippen LogP contribution in [0.1, 0.15) is 84.5 Å². The first-order valence-corrected chi connectivity index (χ1v) is 11.4. The Bertz CT molecular complexity index is 594. The molecular weight excluding hydrogens is 348 g/mol. The third kappa shape index (κ3) is 5.58. The number of hydrogen-bond acceptors (Lipinski definition) is 3. The summed E-state index contributed by atoms with van der Waals surface area (Å²) in [4.78, 5) is 0. The number of unbranched alkanes of at least 4 members (excludes halogenated alkanes) is 1. The molecule has 158 valence electrons. The highest BCUT2D eigenvalue weighted by Gasteiger charge is 2.39. The zero-order valence-electron chi connectivity index (χ0n) is 17.9. The zero-order valence-corrected chi connectivity index (χ0v) is 17.9. The van der Waals surface area contributed by atoms with Gasteiger partial charge in [0.1, 0.15) is 0 Å². The summed E-state index contributed by atoms with van der Waals surface area (Å²) >= 11 is 0. The van der Waals surface area contributed by atoms with Crippen LogP contribution in [0.4, 0.5) is 0 Å². The highest BCUT2D eigenvalue weighted by molar-refractivity contribution is 5.28. The molecule has 0 bridgehead atoms. The Labute approximate surface area is 171 Å². The smallest absolute Gasteiger partial charge is 0.0809 e. The Kier molecular flexibility index (Phi) is 7.22. The zero-order chi connectivity index (χ0) is 20.3. The first-order chi connectivity index (χ1) is 13.2. The van der Waals surface area contributed by atoms with Gasteiger partial charge in [-0.05, 0) is 88.5 Å². The maximum absolute atomic E-state index is 10.1. The van der Waals surface area contributed by atoms with Crippen molar-refractivity contribution in [2.24, 2.45) is 17.8 Å². The van der Waals surface area contributed by atoms with Crippen LogP contribution in [-0.4, -0.2) is 33.1 Å². The molecule has 0 aromatic carbocycles. The lowest BCUT2D eigenvalue weighted by Gasteiger charge is -2.32. The van der Waals surface area contributed by atoms with Crippen LogP contribution in [0.2, 0.25) is 0 Å². The van der Waals surface area contributed by atoms with Crippen molar-refractivity contribution in [2.75, 3.05) is 0 Å². The molecule has 3 rings (SSSR count). The summed E-state index contributed by atoms with van der Waals surface area (Å²) in [6.45, 7) is 7.62. The molecule has 5 atom stereocenters. The molecule has 3 heteroatoms. The maximum Gasteiger partial charge on any atom is 0.0809 e. The van der Waals surface area contributed by atoms with Crippen LogP contribution in [0.15, 0.2) is 35.5 Å². The van der Waals surface area contributed by atoms with Crippen molar-refractivity contribution in [1.82, 2.24) is 0 Å². The summed E-state index contributed by atoms with van der Waals surface area (Å²) in [6.07, 6.45) is 15.6. The van der Waals surface area contributed by atoms with Gasteiger partial charge < -0.3 is 15.3 Å². The third-order valence-corrected chi connectivity index (χ3v) is 7.36. The van der Waals surface area contributed by atoms with Gasteiger partial charge in [0.15, 0.2) is 0 Å². The highest BCUT2D eigenvalue weighted by Crippen LogP contribution is 2.50. The average Bonchev–Trinajstić information content (AvgIpc) is 3.04. The van der Waals surface area contributed by atoms with E-state index in [-0.39, 0.29) is 0 Å². The first-order valence-electron chi connectivity index (χ1n) is 11.4. The van der Waals surface area contributed by atoms with Crippen molar-refractivity contribution in [2.45, 2.75) is 102 Å². The molecule has 0 saturated heterocycles. The Morgan fingerprint density at radius 1 is 1.04 bits per heavy atom. The van der Waals surface area contributed by atoms with E-state index in [1.54, 1.807) is 5.57 Å². The van der Waals surface area contributed by atoms with Gasteiger partial charge in [0.05, 0.1) is 17.8 Å². The van der Waals surface area contributed by atoms with E-state index in [9.17, 15) is 15.3 Å². The summed E-state index contributed by atoms with van der Waals surface area (Å²) in [5.41, 5.74) is 2.77. The molecule has 3 N–H and O–H groups in total. The van der Waals surface area contributed by atoms with Crippen molar-refractivity contribution in [3.63, 3.8) is 0 Å². The second-order valence-electron chi connectivity index (χ2n) is 10.1. The van der Waals surface area contributed by atoms with Gasteiger partial charge in [0.2, 0.25) is 0 Å². The van der Waals surface area contributed by atoms with E-state index in [1.165, 1.54) is 44.9 Å². The molecule has 3 fully saturated rings. The van der Waals surface area contributed by atoms with Gasteiger partial charge in [-0.25, -0.2) is 0 Å². The van der Waals surface area contributed by atoms with Crippen molar-refractivity contribution in [1.29, 1.82) is 0 Å². The van der Waals surface area contributed by atoms with Crippen molar-refractivity contribution >= 4 is 0 Å². The minimum absolute atomic E-state index is 0.529. The topological polar surface area (TPSA) is 60.7 Å². The molecule has 0 aliphatic heterocycles. The van der Waals surface area contributed by atoms with Crippen LogP contribution in [-0.2, 0) is 0 Å². The molecule has 3 aliphatic carbocycles. The number of aliphatic hydroxyl groups excluding tert-OH is 2. The predicted molar refractivity (Wildman–Crippen MR) is 115 cm³/mol. The van der Waals surface area contributed by atoms with Gasteiger partial charge in [0, 0.05) is 0 Å². The molecule has 3 saturated carbocycles. The van der Waals surface area contributed by atoms with Crippen LogP contribution in [0.25, 0.3) is 0 Å². The highest BCUT2D eigenvalue weighted by atomic mass is 16.3. The van der Waals surface area contributed by atoms with E-state index < -0.39 is 17.8 Å². The van der Waals surface area contributed by atoms with Gasteiger partial charge >= 0.3 is 0 Å². The van der Waals surface area contributed by atoms with Crippen molar-refractivity contribution in [3.05, 3.63) is 35.5 Å². The number of allylic oxidation sites excluding steroid dienone is 3. The van der Waals surface area contributed by atoms with Gasteiger partial charge in [0.25, 0.3) is 0 Å². The number of hydrogen-bond donors (Lipinski definition) is 3. The minimum Gasteiger partial charge on any atom is -0.390 e. The quantitative estimate of drug-likeness (QED) is 0.440. The largest absolute Gasteiger partial charge is 0.390 e. The summed E-state index contributed by atoms with van der Waals surface area (Å²) in [5, 5.41) is 30.0. The summed E-state index contributed by atoms with van der Waals surface area (Å²) in [5.74, 6) is 2.42. The predicted octanol–water partition coefficient (Wildman–Crippen LogP) is 5.07. The second kappa shape index (κ2) is 9.28. The Balaban J connectivity index is 1.56. The van der Waals surface area contributed by atoms with Gasteiger partial charge in [-0.2, -0.15) is 0 Å². The fourth-order valence-corrected chi connectivity index (χ4v) is 5.73. The average molecular weight is 389 g/mol. The SMILES string of the molecule is C=C1[C@H](O)CC(=C/C=C2\CCC[C@@H]3[C@@H](CCCCC(C)(C)O)CC[C@@H]23)C[C@H]1O. The van der Waals surface area contributed by atoms with E-state index >= 15 is 0 Å². The Morgan fingerprint density at radius 3 is 2.43 bits per heavy atom. The van der Waals surface area contributed by atoms with Gasteiger partial charge in [-0.3, -0.25) is 0 Å². The van der Waals surface area contributed by atoms with E-state index in [0.717, 1.165) is 36.2 Å². The summed E-state index contributed by atoms with van der Waals surface area (Å²) < 4.78 is 0. The molecule has 3 aliphatic rings. The third-order valence-electron chi connectivity index (χ3n) is 7.36. The molecule has 0 heterocycles. The molecular formula is C25H40O3. The van der Waals surface area contributed by atoms with Crippen LogP contribution in [0.5, 0.6) is 0 Å². The van der Waals surface area contributed by atoms with Crippen LogP contribution < -0.4 is 0 Å². The van der Waals surface area contributed by atoms with Crippen molar-refractivity contribution < 1.29 is 15.3 Å². The van der Waals surface area contributed by atoms with E-state index in [2.05, 4.69) is 18.7 Å². The minimum atomic E-state index is -0.604. The summed E-state index contributed by atoms with van der Waals surface area (Å²) in [6, 6.07) is 0. The van der Waals surface area contributed by atoms with Crippen LogP contribution in [0, 0.1) is 17.8 Å². The monoisotopic (exact) mass is 388 g/mol. The summed E-state index contributed by atoms with van der Waals surface area (Å²) in [7, 11) is 0. The fourth-order valence-electron chi connectivity index (χ4n) is 5.73. The molecule has 28 heavy (non-hydrogen) atoms. The normalized spacial score (nSPS) is 35.3. The van der Waals surface area contributed by atoms with Crippen molar-refractivity contribution in [3.8, 4) is 0 Å². The molecule has 0 aromatic rings. The van der Waals surface area contributed by atoms with Gasteiger partial charge in [-0.15, -0.1) is 0 Å². The Morgan fingerprint density at radius 2 is 1.75 bits per heavy atom. The first kappa shape index (κ1) is 21.8.